The van der Waals surface area contributed by atoms with Gasteiger partial charge < -0.3 is 8.83 Å². The third kappa shape index (κ3) is 5.89. The second kappa shape index (κ2) is 11.3. The van der Waals surface area contributed by atoms with Gasteiger partial charge in [-0.15, -0.1) is 0 Å². The summed E-state index contributed by atoms with van der Waals surface area (Å²) in [5.74, 6) is 3.36. The summed E-state index contributed by atoms with van der Waals surface area (Å²) in [5.41, 5.74) is 2.85. The molecule has 0 bridgehead atoms. The molecule has 34 heavy (non-hydrogen) atoms. The SMILES string of the molecule is CCC(CCC(c1ccc(CC)o1)c1ccc(CC)o1)=NNc1ccc([N+](=O)[O-])cc1[N+](=O)[O-]. The van der Waals surface area contributed by atoms with Crippen LogP contribution in [0.3, 0.4) is 0 Å². The van der Waals surface area contributed by atoms with Gasteiger partial charge in [0.15, 0.2) is 0 Å². The van der Waals surface area contributed by atoms with Crippen LogP contribution in [0.15, 0.2) is 56.4 Å². The number of nitrogens with zero attached hydrogens (tertiary/aromatic N) is 3. The van der Waals surface area contributed by atoms with Crippen molar-refractivity contribution in [2.45, 2.75) is 58.8 Å². The van der Waals surface area contributed by atoms with Crippen LogP contribution in [-0.2, 0) is 12.8 Å². The number of anilines is 1. The highest BCUT2D eigenvalue weighted by Gasteiger charge is 2.23. The van der Waals surface area contributed by atoms with Gasteiger partial charge in [0.05, 0.1) is 21.8 Å². The van der Waals surface area contributed by atoms with Crippen molar-refractivity contribution in [2.75, 3.05) is 5.43 Å². The van der Waals surface area contributed by atoms with E-state index in [1.165, 1.54) is 12.1 Å². The normalized spacial score (nSPS) is 11.7. The van der Waals surface area contributed by atoms with E-state index in [2.05, 4.69) is 10.5 Å². The third-order valence-corrected chi connectivity index (χ3v) is 5.60. The summed E-state index contributed by atoms with van der Waals surface area (Å²) in [5, 5.41) is 26.7. The van der Waals surface area contributed by atoms with Crippen LogP contribution in [0.1, 0.15) is 69.0 Å². The van der Waals surface area contributed by atoms with Gasteiger partial charge >= 0.3 is 5.69 Å². The van der Waals surface area contributed by atoms with Crippen LogP contribution in [-0.4, -0.2) is 15.6 Å². The lowest BCUT2D eigenvalue weighted by Crippen LogP contribution is -2.07. The van der Waals surface area contributed by atoms with Crippen LogP contribution in [0.5, 0.6) is 0 Å². The summed E-state index contributed by atoms with van der Waals surface area (Å²) in [6.07, 6.45) is 3.48. The molecule has 0 saturated carbocycles. The van der Waals surface area contributed by atoms with Gasteiger partial charge in [0.2, 0.25) is 0 Å². The average Bonchev–Trinajstić information content (AvgIpc) is 3.51. The van der Waals surface area contributed by atoms with E-state index in [4.69, 9.17) is 8.83 Å². The van der Waals surface area contributed by atoms with Gasteiger partial charge in [-0.2, -0.15) is 5.10 Å². The third-order valence-electron chi connectivity index (χ3n) is 5.60. The van der Waals surface area contributed by atoms with Crippen molar-refractivity contribution in [2.24, 2.45) is 5.10 Å². The van der Waals surface area contributed by atoms with Crippen LogP contribution in [0.4, 0.5) is 17.1 Å². The Morgan fingerprint density at radius 1 is 0.941 bits per heavy atom. The van der Waals surface area contributed by atoms with Crippen molar-refractivity contribution in [3.8, 4) is 0 Å². The molecule has 0 aliphatic carbocycles. The zero-order valence-corrected chi connectivity index (χ0v) is 19.4. The fraction of sp³-hybridized carbons (Fsp3) is 0.375. The maximum Gasteiger partial charge on any atom is 0.301 e. The fourth-order valence-corrected chi connectivity index (χ4v) is 3.61. The zero-order valence-electron chi connectivity index (χ0n) is 19.4. The van der Waals surface area contributed by atoms with Gasteiger partial charge in [-0.05, 0) is 49.6 Å². The average molecular weight is 469 g/mol. The Kier molecular flexibility index (Phi) is 8.18. The largest absolute Gasteiger partial charge is 0.465 e. The molecule has 3 aromatic rings. The van der Waals surface area contributed by atoms with Crippen LogP contribution in [0, 0.1) is 20.2 Å². The van der Waals surface area contributed by atoms with E-state index >= 15 is 0 Å². The van der Waals surface area contributed by atoms with Gasteiger partial charge in [0.25, 0.3) is 5.69 Å². The Labute approximate surface area is 197 Å². The second-order valence-corrected chi connectivity index (χ2v) is 7.77. The number of rotatable bonds is 12. The molecule has 180 valence electrons. The van der Waals surface area contributed by atoms with Crippen molar-refractivity contribution >= 4 is 22.8 Å². The molecule has 10 heteroatoms. The highest BCUT2D eigenvalue weighted by Crippen LogP contribution is 2.33. The Morgan fingerprint density at radius 3 is 2.03 bits per heavy atom. The second-order valence-electron chi connectivity index (χ2n) is 7.77. The predicted molar refractivity (Wildman–Crippen MR) is 128 cm³/mol. The number of hydrogen-bond acceptors (Lipinski definition) is 8. The van der Waals surface area contributed by atoms with E-state index in [9.17, 15) is 20.2 Å². The molecule has 1 N–H and O–H groups in total. The molecule has 3 rings (SSSR count). The van der Waals surface area contributed by atoms with Crippen molar-refractivity contribution in [3.63, 3.8) is 0 Å². The van der Waals surface area contributed by atoms with Crippen LogP contribution in [0.25, 0.3) is 0 Å². The van der Waals surface area contributed by atoms with E-state index in [1.807, 2.05) is 45.0 Å². The number of nitro benzene ring substituents is 2. The van der Waals surface area contributed by atoms with E-state index in [0.717, 1.165) is 47.7 Å². The lowest BCUT2D eigenvalue weighted by molar-refractivity contribution is -0.393. The minimum atomic E-state index is -0.672. The Balaban J connectivity index is 1.79. The summed E-state index contributed by atoms with van der Waals surface area (Å²) >= 11 is 0. The number of benzene rings is 1. The highest BCUT2D eigenvalue weighted by atomic mass is 16.6. The zero-order chi connectivity index (χ0) is 24.7. The maximum absolute atomic E-state index is 11.4. The minimum absolute atomic E-state index is 0.0916. The molecule has 1 aromatic carbocycles. The smallest absolute Gasteiger partial charge is 0.301 e. The molecule has 0 aliphatic heterocycles. The molecule has 0 amide bonds. The van der Waals surface area contributed by atoms with Crippen molar-refractivity contribution < 1.29 is 18.7 Å². The standard InChI is InChI=1S/C24H28N4O6/c1-4-16(25-26-21-12-8-17(27(29)30)15-22(21)28(31)32)7-11-20(23-13-9-18(5-2)33-23)24-14-10-19(6-3)34-24/h8-10,12-15,20,26H,4-7,11H2,1-3H3. The molecular weight excluding hydrogens is 440 g/mol. The first kappa shape index (κ1) is 24.7. The van der Waals surface area contributed by atoms with Crippen LogP contribution < -0.4 is 5.43 Å². The van der Waals surface area contributed by atoms with Gasteiger partial charge in [-0.3, -0.25) is 25.7 Å². The molecule has 0 spiro atoms. The molecule has 0 aliphatic rings. The summed E-state index contributed by atoms with van der Waals surface area (Å²) < 4.78 is 12.0. The van der Waals surface area contributed by atoms with Crippen molar-refractivity contribution in [1.82, 2.24) is 0 Å². The van der Waals surface area contributed by atoms with Gasteiger partial charge in [-0.25, -0.2) is 0 Å². The van der Waals surface area contributed by atoms with Gasteiger partial charge in [0.1, 0.15) is 28.7 Å². The molecule has 0 radical (unpaired) electrons. The number of hydrazone groups is 1. The van der Waals surface area contributed by atoms with E-state index < -0.39 is 15.5 Å². The number of nitrogens with one attached hydrogen (secondary N) is 1. The number of aryl methyl sites for hydroxylation is 2. The van der Waals surface area contributed by atoms with Crippen molar-refractivity contribution in [1.29, 1.82) is 0 Å². The van der Waals surface area contributed by atoms with E-state index in [-0.39, 0.29) is 17.3 Å². The summed E-state index contributed by atoms with van der Waals surface area (Å²) in [7, 11) is 0. The molecular formula is C24H28N4O6. The first-order chi connectivity index (χ1) is 16.4. The minimum Gasteiger partial charge on any atom is -0.465 e. The Hall–Kier alpha value is -3.95. The number of nitro groups is 2. The molecule has 2 heterocycles. The Morgan fingerprint density at radius 2 is 1.56 bits per heavy atom. The summed E-state index contributed by atoms with van der Waals surface area (Å²) in [4.78, 5) is 21.0. The molecule has 0 fully saturated rings. The van der Waals surface area contributed by atoms with E-state index in [1.54, 1.807) is 0 Å². The lowest BCUT2D eigenvalue weighted by atomic mass is 9.95. The molecule has 0 atom stereocenters. The van der Waals surface area contributed by atoms with Crippen molar-refractivity contribution in [3.05, 3.63) is 85.7 Å². The number of hydrogen-bond donors (Lipinski definition) is 1. The topological polar surface area (TPSA) is 137 Å². The molecule has 0 unspecified atom stereocenters. The number of furan rings is 2. The predicted octanol–water partition coefficient (Wildman–Crippen LogP) is 6.60. The first-order valence-corrected chi connectivity index (χ1v) is 11.3. The quantitative estimate of drug-likeness (QED) is 0.179. The molecule has 10 nitrogen and oxygen atoms in total. The number of non-ortho nitro benzene ring substituents is 1. The summed E-state index contributed by atoms with van der Waals surface area (Å²) in [6.45, 7) is 6.01. The molecule has 2 aromatic heterocycles. The Bertz CT molecular complexity index is 1140. The lowest BCUT2D eigenvalue weighted by Gasteiger charge is -2.13. The fourth-order valence-electron chi connectivity index (χ4n) is 3.61. The monoisotopic (exact) mass is 468 g/mol. The van der Waals surface area contributed by atoms with Gasteiger partial charge in [0, 0.05) is 24.6 Å². The maximum atomic E-state index is 11.4. The summed E-state index contributed by atoms with van der Waals surface area (Å²) in [6, 6.07) is 11.3. The first-order valence-electron chi connectivity index (χ1n) is 11.3. The van der Waals surface area contributed by atoms with Crippen LogP contribution in [0.2, 0.25) is 0 Å². The van der Waals surface area contributed by atoms with E-state index in [0.29, 0.717) is 19.3 Å². The van der Waals surface area contributed by atoms with Gasteiger partial charge in [-0.1, -0.05) is 20.8 Å². The molecule has 0 saturated heterocycles. The van der Waals surface area contributed by atoms with Crippen LogP contribution >= 0.6 is 0 Å². The highest BCUT2D eigenvalue weighted by molar-refractivity contribution is 5.85.